The van der Waals surface area contributed by atoms with Crippen LogP contribution in [0.1, 0.15) is 11.1 Å². The van der Waals surface area contributed by atoms with Crippen LogP contribution in [0.2, 0.25) is 0 Å². The molecule has 0 saturated heterocycles. The maximum Gasteiger partial charge on any atom is 0.116 e. The van der Waals surface area contributed by atoms with Gasteiger partial charge in [0.05, 0.1) is 16.7 Å². The summed E-state index contributed by atoms with van der Waals surface area (Å²) in [6.07, 6.45) is 0. The van der Waals surface area contributed by atoms with Gasteiger partial charge in [0.15, 0.2) is 0 Å². The first-order chi connectivity index (χ1) is 25.8. The Morgan fingerprint density at radius 2 is 1.15 bits per heavy atom. The van der Waals surface area contributed by atoms with E-state index in [0.717, 1.165) is 21.9 Å². The Hall–Kier alpha value is -6.01. The summed E-state index contributed by atoms with van der Waals surface area (Å²) < 4.78 is 5.07. The van der Waals surface area contributed by atoms with Gasteiger partial charge in [0.25, 0.3) is 0 Å². The summed E-state index contributed by atoms with van der Waals surface area (Å²) in [4.78, 5) is 11.6. The third-order valence-corrected chi connectivity index (χ3v) is 12.9. The van der Waals surface area contributed by atoms with Crippen LogP contribution in [0.15, 0.2) is 167 Å². The Morgan fingerprint density at radius 3 is 1.92 bits per heavy atom. The van der Waals surface area contributed by atoms with Gasteiger partial charge in [-0.1, -0.05) is 151 Å². The monoisotopic (exact) mass is 699 g/mol. The number of benzene rings is 8. The predicted molar refractivity (Wildman–Crippen MR) is 227 cm³/mol. The highest BCUT2D eigenvalue weighted by Crippen LogP contribution is 2.52. The molecule has 0 bridgehead atoms. The van der Waals surface area contributed by atoms with E-state index in [-0.39, 0.29) is 0 Å². The second-order valence-electron chi connectivity index (χ2n) is 13.3. The van der Waals surface area contributed by atoms with Crippen molar-refractivity contribution in [1.82, 2.24) is 4.57 Å². The van der Waals surface area contributed by atoms with E-state index in [1.54, 1.807) is 11.8 Å². The molecule has 0 radical (unpaired) electrons. The number of nitrogens with zero attached hydrogens (tertiary/aromatic N) is 3. The van der Waals surface area contributed by atoms with Crippen molar-refractivity contribution < 1.29 is 0 Å². The van der Waals surface area contributed by atoms with Crippen molar-refractivity contribution in [2.45, 2.75) is 11.6 Å². The predicted octanol–water partition coefficient (Wildman–Crippen LogP) is 13.4. The molecular formula is C47H29N3S2. The van der Waals surface area contributed by atoms with Crippen LogP contribution in [0.4, 0.5) is 0 Å². The molecule has 8 aromatic carbocycles. The lowest BCUT2D eigenvalue weighted by molar-refractivity contribution is 0.798. The van der Waals surface area contributed by atoms with Crippen molar-refractivity contribution in [2.75, 3.05) is 0 Å². The smallest absolute Gasteiger partial charge is 0.116 e. The molecule has 11 rings (SSSR count). The molecule has 0 atom stereocenters. The fraction of sp³-hybridized carbons (Fsp3) is 0.0213. The highest BCUT2D eigenvalue weighted by atomic mass is 32.2. The van der Waals surface area contributed by atoms with Crippen LogP contribution in [0.25, 0.3) is 85.6 Å². The van der Waals surface area contributed by atoms with Gasteiger partial charge >= 0.3 is 0 Å². The molecular weight excluding hydrogens is 671 g/mol. The van der Waals surface area contributed by atoms with Gasteiger partial charge in [-0.05, 0) is 45.8 Å². The SMILES string of the molecule is C=N/C(=C1\C(=N/Cn2c3ccccc3c3c4ccccc4c4sc5ccccc5c4c32)Sc2c1c1ccccc1c1ccccc21)c1ccccc1. The van der Waals surface area contributed by atoms with Crippen molar-refractivity contribution in [3.63, 3.8) is 0 Å². The third kappa shape index (κ3) is 4.15. The summed E-state index contributed by atoms with van der Waals surface area (Å²) >= 11 is 3.65. The molecule has 3 nitrogen and oxygen atoms in total. The van der Waals surface area contributed by atoms with Gasteiger partial charge in [-0.15, -0.1) is 11.3 Å². The van der Waals surface area contributed by atoms with E-state index in [1.165, 1.54) is 84.8 Å². The van der Waals surface area contributed by atoms with Gasteiger partial charge in [0, 0.05) is 57.9 Å². The van der Waals surface area contributed by atoms with Crippen LogP contribution in [0.5, 0.6) is 0 Å². The average molecular weight is 700 g/mol. The topological polar surface area (TPSA) is 29.6 Å². The van der Waals surface area contributed by atoms with Gasteiger partial charge < -0.3 is 4.57 Å². The minimum absolute atomic E-state index is 0.455. The Bertz CT molecular complexity index is 3200. The van der Waals surface area contributed by atoms with Gasteiger partial charge in [0.1, 0.15) is 11.7 Å². The standard InChI is InChI=1S/C47H29N3S2/c1-48-43(28-15-3-2-4-16-28)42-40-31-19-7-5-17-29(31)30-18-6-9-21-33(30)45(40)52-47(42)49-27-50-37-25-13-11-23-35(37)39-32-20-8-10-22-34(32)46-41(44(39)50)36-24-12-14-26-38(36)51-46/h2-26H,1,27H2/b43-42-,49-47+. The molecule has 0 spiro atoms. The van der Waals surface area contributed by atoms with E-state index < -0.39 is 0 Å². The number of rotatable bonds is 4. The fourth-order valence-corrected chi connectivity index (χ4v) is 10.9. The maximum atomic E-state index is 5.62. The Labute approximate surface area is 307 Å². The van der Waals surface area contributed by atoms with E-state index in [9.17, 15) is 0 Å². The van der Waals surface area contributed by atoms with Crippen LogP contribution in [0, 0.1) is 0 Å². The Kier molecular flexibility index (Phi) is 6.57. The van der Waals surface area contributed by atoms with Gasteiger partial charge in [0.2, 0.25) is 0 Å². The second-order valence-corrected chi connectivity index (χ2v) is 15.3. The van der Waals surface area contributed by atoms with Crippen molar-refractivity contribution in [1.29, 1.82) is 0 Å². The molecule has 0 aliphatic carbocycles. The number of hydrogen-bond donors (Lipinski definition) is 0. The average Bonchev–Trinajstić information content (AvgIpc) is 3.88. The summed E-state index contributed by atoms with van der Waals surface area (Å²) in [5, 5.41) is 13.6. The summed E-state index contributed by atoms with van der Waals surface area (Å²) in [7, 11) is 0. The highest BCUT2D eigenvalue weighted by Gasteiger charge is 2.32. The quantitative estimate of drug-likeness (QED) is 0.133. The van der Waals surface area contributed by atoms with Crippen molar-refractivity contribution in [3.05, 3.63) is 163 Å². The zero-order valence-corrected chi connectivity index (χ0v) is 29.6. The Balaban J connectivity index is 1.24. The van der Waals surface area contributed by atoms with Gasteiger partial charge in [-0.25, -0.2) is 0 Å². The van der Waals surface area contributed by atoms with E-state index >= 15 is 0 Å². The van der Waals surface area contributed by atoms with Crippen LogP contribution in [0.3, 0.4) is 0 Å². The minimum atomic E-state index is 0.455. The summed E-state index contributed by atoms with van der Waals surface area (Å²) in [6, 6.07) is 54.5. The molecule has 3 heterocycles. The molecule has 5 heteroatoms. The number of fused-ring (bicyclic) bond motifs is 16. The molecule has 0 unspecified atom stereocenters. The number of hydrogen-bond acceptors (Lipinski definition) is 4. The van der Waals surface area contributed by atoms with Crippen LogP contribution >= 0.6 is 23.1 Å². The fourth-order valence-electron chi connectivity index (χ4n) is 8.45. The maximum absolute atomic E-state index is 5.62. The van der Waals surface area contributed by atoms with Crippen molar-refractivity contribution >= 4 is 120 Å². The molecule has 2 aromatic heterocycles. The zero-order chi connectivity index (χ0) is 34.3. The lowest BCUT2D eigenvalue weighted by Gasteiger charge is -2.13. The second kappa shape index (κ2) is 11.5. The summed E-state index contributed by atoms with van der Waals surface area (Å²) in [5.74, 6) is 0. The molecule has 0 N–H and O–H groups in total. The first kappa shape index (κ1) is 29.7. The molecule has 0 amide bonds. The summed E-state index contributed by atoms with van der Waals surface area (Å²) in [5.41, 5.74) is 6.53. The third-order valence-electron chi connectivity index (χ3n) is 10.6. The minimum Gasteiger partial charge on any atom is -0.320 e. The largest absolute Gasteiger partial charge is 0.320 e. The zero-order valence-electron chi connectivity index (χ0n) is 28.0. The molecule has 1 aliphatic rings. The van der Waals surface area contributed by atoms with Crippen molar-refractivity contribution in [3.8, 4) is 0 Å². The molecule has 52 heavy (non-hydrogen) atoms. The van der Waals surface area contributed by atoms with Gasteiger partial charge in [-0.2, -0.15) is 0 Å². The van der Waals surface area contributed by atoms with E-state index in [1.807, 2.05) is 17.4 Å². The Morgan fingerprint density at radius 1 is 0.558 bits per heavy atom. The van der Waals surface area contributed by atoms with Crippen LogP contribution in [-0.4, -0.2) is 16.3 Å². The normalized spacial score (nSPS) is 14.9. The lowest BCUT2D eigenvalue weighted by Crippen LogP contribution is -2.01. The number of aromatic nitrogens is 1. The van der Waals surface area contributed by atoms with Gasteiger partial charge in [-0.3, -0.25) is 9.98 Å². The number of thiophene rings is 1. The molecule has 0 saturated carbocycles. The van der Waals surface area contributed by atoms with E-state index in [0.29, 0.717) is 6.67 Å². The van der Waals surface area contributed by atoms with Crippen molar-refractivity contribution in [2.24, 2.45) is 9.98 Å². The molecule has 1 aliphatic heterocycles. The number of thioether (sulfide) groups is 1. The van der Waals surface area contributed by atoms with E-state index in [2.05, 4.69) is 157 Å². The first-order valence-electron chi connectivity index (χ1n) is 17.5. The lowest BCUT2D eigenvalue weighted by atomic mass is 9.91. The molecule has 10 aromatic rings. The molecule has 0 fully saturated rings. The first-order valence-corrected chi connectivity index (χ1v) is 19.1. The number of para-hydroxylation sites is 1. The number of aliphatic imine (C=N–C) groups is 2. The highest BCUT2D eigenvalue weighted by molar-refractivity contribution is 8.16. The van der Waals surface area contributed by atoms with E-state index in [4.69, 9.17) is 9.98 Å². The van der Waals surface area contributed by atoms with Crippen LogP contribution < -0.4 is 0 Å². The summed E-state index contributed by atoms with van der Waals surface area (Å²) in [6.45, 7) is 4.59. The molecule has 244 valence electrons. The van der Waals surface area contributed by atoms with Crippen LogP contribution in [-0.2, 0) is 6.67 Å².